The van der Waals surface area contributed by atoms with E-state index in [-0.39, 0.29) is 11.6 Å². The highest BCUT2D eigenvalue weighted by atomic mass is 32.1. The first-order valence-corrected chi connectivity index (χ1v) is 8.07. The molecular formula is C15H16N6OS. The number of pyridine rings is 1. The van der Waals surface area contributed by atoms with E-state index < -0.39 is 0 Å². The molecular weight excluding hydrogens is 312 g/mol. The van der Waals surface area contributed by atoms with Crippen LogP contribution in [-0.2, 0) is 11.3 Å². The van der Waals surface area contributed by atoms with Crippen molar-refractivity contribution in [3.8, 4) is 0 Å². The lowest BCUT2D eigenvalue weighted by Crippen LogP contribution is -2.27. The van der Waals surface area contributed by atoms with Gasteiger partial charge in [0, 0.05) is 23.8 Å². The summed E-state index contributed by atoms with van der Waals surface area (Å²) in [7, 11) is 0. The number of amides is 1. The zero-order valence-electron chi connectivity index (χ0n) is 13.1. The van der Waals surface area contributed by atoms with Gasteiger partial charge in [-0.05, 0) is 32.9 Å². The Hall–Kier alpha value is -2.61. The lowest BCUT2D eigenvalue weighted by Gasteiger charge is -2.08. The van der Waals surface area contributed by atoms with E-state index in [1.807, 2.05) is 23.8 Å². The largest absolute Gasteiger partial charge is 0.320 e. The van der Waals surface area contributed by atoms with Crippen LogP contribution in [0.4, 0.5) is 5.82 Å². The van der Waals surface area contributed by atoms with E-state index in [0.29, 0.717) is 11.5 Å². The molecule has 0 atom stereocenters. The fourth-order valence-electron chi connectivity index (χ4n) is 2.22. The molecule has 7 nitrogen and oxygen atoms in total. The Morgan fingerprint density at radius 3 is 2.78 bits per heavy atom. The lowest BCUT2D eigenvalue weighted by atomic mass is 10.2. The summed E-state index contributed by atoms with van der Waals surface area (Å²) in [6.45, 7) is 6.60. The van der Waals surface area contributed by atoms with Crippen LogP contribution in [-0.4, -0.2) is 26.9 Å². The van der Waals surface area contributed by atoms with E-state index >= 15 is 0 Å². The van der Waals surface area contributed by atoms with Crippen LogP contribution in [0.5, 0.6) is 0 Å². The zero-order valence-corrected chi connectivity index (χ0v) is 13.9. The Balaban J connectivity index is 1.95. The second kappa shape index (κ2) is 6.25. The molecule has 0 aliphatic carbocycles. The van der Waals surface area contributed by atoms with Crippen LogP contribution in [0.25, 0.3) is 0 Å². The van der Waals surface area contributed by atoms with Crippen LogP contribution in [0.2, 0.25) is 0 Å². The molecule has 0 spiro atoms. The van der Waals surface area contributed by atoms with Gasteiger partial charge in [-0.25, -0.2) is 4.98 Å². The summed E-state index contributed by atoms with van der Waals surface area (Å²) in [5.74, 6) is 0.152. The first-order chi connectivity index (χ1) is 11.1. The highest BCUT2D eigenvalue weighted by Crippen LogP contribution is 2.16. The maximum atomic E-state index is 12.5. The predicted octanol–water partition coefficient (Wildman–Crippen LogP) is 1.95. The van der Waals surface area contributed by atoms with Gasteiger partial charge in [0.1, 0.15) is 0 Å². The topological polar surface area (TPSA) is 75.2 Å². The van der Waals surface area contributed by atoms with Crippen molar-refractivity contribution in [2.75, 3.05) is 5.01 Å². The van der Waals surface area contributed by atoms with Crippen molar-refractivity contribution in [3.05, 3.63) is 40.3 Å². The molecule has 8 heteroatoms. The monoisotopic (exact) mass is 328 g/mol. The maximum absolute atomic E-state index is 12.5. The van der Waals surface area contributed by atoms with Crippen molar-refractivity contribution < 1.29 is 4.79 Å². The normalized spacial score (nSPS) is 17.3. The summed E-state index contributed by atoms with van der Waals surface area (Å²) in [6.07, 6.45) is 1.62. The Labute approximate surface area is 137 Å². The second-order valence-electron chi connectivity index (χ2n) is 4.94. The van der Waals surface area contributed by atoms with Crippen molar-refractivity contribution in [1.82, 2.24) is 9.55 Å². The summed E-state index contributed by atoms with van der Waals surface area (Å²) >= 11 is 1.50. The third-order valence-electron chi connectivity index (χ3n) is 3.40. The first kappa shape index (κ1) is 15.3. The third kappa shape index (κ3) is 2.85. The van der Waals surface area contributed by atoms with Crippen molar-refractivity contribution in [1.29, 1.82) is 0 Å². The van der Waals surface area contributed by atoms with E-state index in [9.17, 15) is 4.79 Å². The van der Waals surface area contributed by atoms with Crippen LogP contribution in [0.15, 0.2) is 45.1 Å². The van der Waals surface area contributed by atoms with E-state index in [4.69, 9.17) is 0 Å². The smallest absolute Gasteiger partial charge is 0.302 e. The summed E-state index contributed by atoms with van der Waals surface area (Å²) in [6, 6.07) is 5.31. The van der Waals surface area contributed by atoms with Crippen molar-refractivity contribution in [2.24, 2.45) is 15.3 Å². The highest BCUT2D eigenvalue weighted by molar-refractivity contribution is 7.07. The quantitative estimate of drug-likeness (QED) is 0.808. The third-order valence-corrected chi connectivity index (χ3v) is 4.37. The minimum atomic E-state index is -0.318. The van der Waals surface area contributed by atoms with Crippen LogP contribution < -0.4 is 9.81 Å². The molecule has 1 aliphatic heterocycles. The van der Waals surface area contributed by atoms with Gasteiger partial charge in [0.25, 0.3) is 0 Å². The molecule has 0 unspecified atom stereocenters. The highest BCUT2D eigenvalue weighted by Gasteiger charge is 2.31. The van der Waals surface area contributed by atoms with Gasteiger partial charge in [0.15, 0.2) is 11.5 Å². The Morgan fingerprint density at radius 2 is 2.09 bits per heavy atom. The molecule has 1 amide bonds. The SMILES string of the molecule is CCn1c(C)cs/c1=N/N=C1/C(=O)N(c2ccccn2)N=C1C. The Kier molecular flexibility index (Phi) is 4.16. The number of hydrogen-bond donors (Lipinski definition) is 0. The molecule has 0 aromatic carbocycles. The standard InChI is InChI=1S/C15H16N6OS/c1-4-20-10(2)9-23-15(20)18-17-13-11(3)19-21(14(13)22)12-7-5-6-8-16-12/h5-9H,4H2,1-3H3/b17-13+,18-15+. The van der Waals surface area contributed by atoms with Gasteiger partial charge in [-0.2, -0.15) is 10.1 Å². The lowest BCUT2D eigenvalue weighted by molar-refractivity contribution is -0.112. The summed E-state index contributed by atoms with van der Waals surface area (Å²) in [4.78, 5) is 17.4. The van der Waals surface area contributed by atoms with Crippen molar-refractivity contribution in [2.45, 2.75) is 27.3 Å². The molecule has 23 heavy (non-hydrogen) atoms. The number of carbonyl (C=O) groups is 1. The van der Waals surface area contributed by atoms with Gasteiger partial charge in [0.2, 0.25) is 4.80 Å². The molecule has 0 radical (unpaired) electrons. The summed E-state index contributed by atoms with van der Waals surface area (Å²) in [5, 5.41) is 15.9. The Bertz CT molecular complexity index is 862. The predicted molar refractivity (Wildman–Crippen MR) is 90.6 cm³/mol. The van der Waals surface area contributed by atoms with E-state index in [1.165, 1.54) is 16.3 Å². The number of rotatable bonds is 3. The molecule has 1 aliphatic rings. The number of anilines is 1. The Morgan fingerprint density at radius 1 is 1.26 bits per heavy atom. The van der Waals surface area contributed by atoms with Gasteiger partial charge in [-0.15, -0.1) is 21.5 Å². The number of hydrogen-bond acceptors (Lipinski definition) is 6. The number of aryl methyl sites for hydroxylation is 1. The maximum Gasteiger partial charge on any atom is 0.302 e. The van der Waals surface area contributed by atoms with Gasteiger partial charge < -0.3 is 4.57 Å². The molecule has 3 heterocycles. The fraction of sp³-hybridized carbons (Fsp3) is 0.267. The molecule has 2 aromatic rings. The fourth-order valence-corrected chi connectivity index (χ4v) is 3.11. The minimum Gasteiger partial charge on any atom is -0.320 e. The van der Waals surface area contributed by atoms with Crippen molar-refractivity contribution in [3.63, 3.8) is 0 Å². The molecule has 0 saturated heterocycles. The molecule has 0 bridgehead atoms. The number of aromatic nitrogens is 2. The summed E-state index contributed by atoms with van der Waals surface area (Å²) < 4.78 is 2.04. The van der Waals surface area contributed by atoms with Crippen LogP contribution in [0.1, 0.15) is 19.5 Å². The average Bonchev–Trinajstić information content (AvgIpc) is 3.06. The van der Waals surface area contributed by atoms with Gasteiger partial charge in [-0.1, -0.05) is 6.07 Å². The van der Waals surface area contributed by atoms with Gasteiger partial charge in [0.05, 0.1) is 5.71 Å². The van der Waals surface area contributed by atoms with Gasteiger partial charge in [-0.3, -0.25) is 4.79 Å². The first-order valence-electron chi connectivity index (χ1n) is 7.19. The molecule has 3 rings (SSSR count). The molecule has 0 fully saturated rings. The molecule has 118 valence electrons. The number of thiazole rings is 1. The minimum absolute atomic E-state index is 0.240. The summed E-state index contributed by atoms with van der Waals surface area (Å²) in [5.41, 5.74) is 1.89. The number of hydrazone groups is 1. The van der Waals surface area contributed by atoms with Gasteiger partial charge >= 0.3 is 5.91 Å². The number of nitrogens with zero attached hydrogens (tertiary/aromatic N) is 6. The zero-order chi connectivity index (χ0) is 16.4. The molecule has 0 saturated carbocycles. The molecule has 0 N–H and O–H groups in total. The molecule has 2 aromatic heterocycles. The van der Waals surface area contributed by atoms with Crippen LogP contribution >= 0.6 is 11.3 Å². The second-order valence-corrected chi connectivity index (χ2v) is 5.78. The number of carbonyl (C=O) groups excluding carboxylic acids is 1. The average molecular weight is 328 g/mol. The van der Waals surface area contributed by atoms with Crippen LogP contribution in [0, 0.1) is 6.92 Å². The van der Waals surface area contributed by atoms with Crippen LogP contribution in [0.3, 0.4) is 0 Å². The van der Waals surface area contributed by atoms with E-state index in [1.54, 1.807) is 31.3 Å². The van der Waals surface area contributed by atoms with Crippen molar-refractivity contribution >= 4 is 34.5 Å². The van der Waals surface area contributed by atoms with E-state index in [2.05, 4.69) is 20.3 Å². The van der Waals surface area contributed by atoms with E-state index in [0.717, 1.165) is 17.0 Å².